The highest BCUT2D eigenvalue weighted by atomic mass is 35.5. The van der Waals surface area contributed by atoms with E-state index >= 15 is 0 Å². The number of nitrogens with zero attached hydrogens (tertiary/aromatic N) is 1. The molecule has 2 aromatic carbocycles. The van der Waals surface area contributed by atoms with Crippen molar-refractivity contribution in [3.63, 3.8) is 0 Å². The van der Waals surface area contributed by atoms with Crippen LogP contribution in [0.15, 0.2) is 42.5 Å². The van der Waals surface area contributed by atoms with Crippen LogP contribution in [0.5, 0.6) is 11.5 Å². The van der Waals surface area contributed by atoms with Crippen molar-refractivity contribution >= 4 is 23.3 Å². The van der Waals surface area contributed by atoms with Crippen molar-refractivity contribution in [2.75, 3.05) is 18.6 Å². The number of carbonyl (C=O) groups excluding carboxylic acids is 1. The number of halogens is 1. The van der Waals surface area contributed by atoms with Crippen molar-refractivity contribution < 1.29 is 14.3 Å². The van der Waals surface area contributed by atoms with E-state index in [2.05, 4.69) is 4.90 Å². The predicted octanol–water partition coefficient (Wildman–Crippen LogP) is 4.58. The number of piperidine rings is 1. The summed E-state index contributed by atoms with van der Waals surface area (Å²) in [5, 5.41) is 0.655. The van der Waals surface area contributed by atoms with Crippen LogP contribution in [0.3, 0.4) is 0 Å². The maximum absolute atomic E-state index is 12.4. The van der Waals surface area contributed by atoms with Gasteiger partial charge in [-0.15, -0.1) is 0 Å². The number of carbonyl (C=O) groups is 1. The van der Waals surface area contributed by atoms with Gasteiger partial charge in [0.25, 0.3) is 0 Å². The van der Waals surface area contributed by atoms with Gasteiger partial charge in [0.2, 0.25) is 0 Å². The second kappa shape index (κ2) is 6.02. The maximum Gasteiger partial charge on any atom is 0.311 e. The smallest absolute Gasteiger partial charge is 0.311 e. The van der Waals surface area contributed by atoms with E-state index in [1.54, 1.807) is 0 Å². The van der Waals surface area contributed by atoms with Gasteiger partial charge in [0.15, 0.2) is 5.75 Å². The summed E-state index contributed by atoms with van der Waals surface area (Å²) in [5.74, 6) is 1.15. The van der Waals surface area contributed by atoms with E-state index in [0.717, 1.165) is 42.1 Å². The molecule has 2 heterocycles. The molecular weight excluding hydrogens is 326 g/mol. The number of esters is 1. The van der Waals surface area contributed by atoms with Gasteiger partial charge in [-0.25, -0.2) is 0 Å². The first kappa shape index (κ1) is 15.3. The zero-order chi connectivity index (χ0) is 16.7. The maximum atomic E-state index is 12.4. The third kappa shape index (κ3) is 2.42. The quantitative estimate of drug-likeness (QED) is 0.711. The zero-order valence-corrected chi connectivity index (χ0v) is 14.1. The minimum absolute atomic E-state index is 0.109. The number of rotatable bonds is 1. The molecule has 0 saturated carbocycles. The van der Waals surface area contributed by atoms with Crippen LogP contribution in [0.2, 0.25) is 5.02 Å². The molecule has 0 bridgehead atoms. The average molecular weight is 344 g/mol. The van der Waals surface area contributed by atoms with Gasteiger partial charge < -0.3 is 14.4 Å². The van der Waals surface area contributed by atoms with Crippen molar-refractivity contribution in [3.05, 3.63) is 53.1 Å². The molecule has 2 aliphatic rings. The molecule has 2 aromatic rings. The van der Waals surface area contributed by atoms with Gasteiger partial charge in [0.05, 0.1) is 24.8 Å². The van der Waals surface area contributed by atoms with E-state index in [4.69, 9.17) is 21.1 Å². The highest BCUT2D eigenvalue weighted by Gasteiger charge is 2.41. The summed E-state index contributed by atoms with van der Waals surface area (Å²) >= 11 is 6.22. The topological polar surface area (TPSA) is 38.8 Å². The molecule has 0 aliphatic carbocycles. The molecule has 0 radical (unpaired) electrons. The average Bonchev–Trinajstić information content (AvgIpc) is 2.75. The van der Waals surface area contributed by atoms with Gasteiger partial charge >= 0.3 is 5.97 Å². The Kier molecular flexibility index (Phi) is 3.85. The number of benzene rings is 2. The Bertz CT molecular complexity index is 792. The summed E-state index contributed by atoms with van der Waals surface area (Å²) in [5.41, 5.74) is 1.94. The summed E-state index contributed by atoms with van der Waals surface area (Å²) < 4.78 is 11.2. The lowest BCUT2D eigenvalue weighted by molar-refractivity contribution is -0.147. The molecule has 1 fully saturated rings. The SMILES string of the molecule is COC(=O)[C@H]1CCCN2c3cc(Cl)ccc3Oc3ccccc3[C@@H]12. The number of fused-ring (bicyclic) bond motifs is 5. The first-order valence-electron chi connectivity index (χ1n) is 8.10. The second-order valence-electron chi connectivity index (χ2n) is 6.16. The third-order valence-electron chi connectivity index (χ3n) is 4.82. The lowest BCUT2D eigenvalue weighted by Crippen LogP contribution is -2.42. The molecule has 4 rings (SSSR count). The molecule has 4 nitrogen and oxygen atoms in total. The summed E-state index contributed by atoms with van der Waals surface area (Å²) in [7, 11) is 1.45. The third-order valence-corrected chi connectivity index (χ3v) is 5.06. The fourth-order valence-electron chi connectivity index (χ4n) is 3.79. The monoisotopic (exact) mass is 343 g/mol. The van der Waals surface area contributed by atoms with Crippen LogP contribution in [0, 0.1) is 5.92 Å². The van der Waals surface area contributed by atoms with Crippen molar-refractivity contribution in [2.24, 2.45) is 5.92 Å². The number of ether oxygens (including phenoxy) is 2. The molecule has 0 aromatic heterocycles. The molecule has 1 saturated heterocycles. The minimum atomic E-state index is -0.224. The highest BCUT2D eigenvalue weighted by Crippen LogP contribution is 2.50. The van der Waals surface area contributed by atoms with Gasteiger partial charge in [-0.05, 0) is 37.1 Å². The summed E-state index contributed by atoms with van der Waals surface area (Å²) in [6.07, 6.45) is 1.72. The Labute approximate surface area is 145 Å². The highest BCUT2D eigenvalue weighted by molar-refractivity contribution is 6.31. The second-order valence-corrected chi connectivity index (χ2v) is 6.60. The Balaban J connectivity index is 1.92. The molecule has 0 N–H and O–H groups in total. The Hall–Kier alpha value is -2.20. The predicted molar refractivity (Wildman–Crippen MR) is 92.8 cm³/mol. The zero-order valence-electron chi connectivity index (χ0n) is 13.4. The van der Waals surface area contributed by atoms with Gasteiger partial charge in [-0.1, -0.05) is 29.8 Å². The number of para-hydroxylation sites is 1. The summed E-state index contributed by atoms with van der Waals surface area (Å²) in [6, 6.07) is 13.4. The fourth-order valence-corrected chi connectivity index (χ4v) is 3.95. The lowest BCUT2D eigenvalue weighted by atomic mass is 9.84. The standard InChI is InChI=1S/C19H18ClNO3/c1-23-19(22)14-6-4-10-21-15-11-12(20)8-9-17(15)24-16-7-3-2-5-13(16)18(14)21/h2-3,5,7-9,11,14,18H,4,6,10H2,1H3/t14-,18-/m0/s1. The molecule has 24 heavy (non-hydrogen) atoms. The number of hydrogen-bond acceptors (Lipinski definition) is 4. The minimum Gasteiger partial charge on any atom is -0.469 e. The molecule has 2 atom stereocenters. The molecule has 0 unspecified atom stereocenters. The van der Waals surface area contributed by atoms with E-state index in [-0.39, 0.29) is 17.9 Å². The van der Waals surface area contributed by atoms with Crippen molar-refractivity contribution in [1.29, 1.82) is 0 Å². The number of hydrogen-bond donors (Lipinski definition) is 0. The van der Waals surface area contributed by atoms with Crippen LogP contribution in [-0.2, 0) is 9.53 Å². The lowest BCUT2D eigenvalue weighted by Gasteiger charge is -2.40. The summed E-state index contributed by atoms with van der Waals surface area (Å²) in [4.78, 5) is 14.6. The fraction of sp³-hybridized carbons (Fsp3) is 0.316. The van der Waals surface area contributed by atoms with Crippen LogP contribution in [0.1, 0.15) is 24.4 Å². The van der Waals surface area contributed by atoms with Gasteiger partial charge in [0, 0.05) is 17.1 Å². The van der Waals surface area contributed by atoms with Gasteiger partial charge in [-0.2, -0.15) is 0 Å². The number of anilines is 1. The Morgan fingerprint density at radius 2 is 2.08 bits per heavy atom. The largest absolute Gasteiger partial charge is 0.469 e. The van der Waals surface area contributed by atoms with E-state index in [1.807, 2.05) is 42.5 Å². The van der Waals surface area contributed by atoms with Crippen LogP contribution >= 0.6 is 11.6 Å². The summed E-state index contributed by atoms with van der Waals surface area (Å²) in [6.45, 7) is 0.850. The Morgan fingerprint density at radius 3 is 2.92 bits per heavy atom. The van der Waals surface area contributed by atoms with E-state index in [0.29, 0.717) is 5.02 Å². The van der Waals surface area contributed by atoms with Crippen LogP contribution in [0.25, 0.3) is 0 Å². The van der Waals surface area contributed by atoms with Crippen LogP contribution in [-0.4, -0.2) is 19.6 Å². The molecule has 2 aliphatic heterocycles. The molecule has 0 spiro atoms. The Morgan fingerprint density at radius 1 is 1.25 bits per heavy atom. The first-order chi connectivity index (χ1) is 11.7. The molecule has 124 valence electrons. The van der Waals surface area contributed by atoms with Gasteiger partial charge in [-0.3, -0.25) is 4.79 Å². The van der Waals surface area contributed by atoms with Crippen molar-refractivity contribution in [3.8, 4) is 11.5 Å². The van der Waals surface area contributed by atoms with Crippen molar-refractivity contribution in [2.45, 2.75) is 18.9 Å². The van der Waals surface area contributed by atoms with Crippen LogP contribution < -0.4 is 9.64 Å². The normalized spacial score (nSPS) is 21.7. The van der Waals surface area contributed by atoms with E-state index in [1.165, 1.54) is 7.11 Å². The molecule has 5 heteroatoms. The van der Waals surface area contributed by atoms with Crippen molar-refractivity contribution in [1.82, 2.24) is 0 Å². The van der Waals surface area contributed by atoms with Crippen LogP contribution in [0.4, 0.5) is 5.69 Å². The first-order valence-corrected chi connectivity index (χ1v) is 8.47. The van der Waals surface area contributed by atoms with E-state index in [9.17, 15) is 4.79 Å². The van der Waals surface area contributed by atoms with Gasteiger partial charge in [0.1, 0.15) is 5.75 Å². The van der Waals surface area contributed by atoms with E-state index < -0.39 is 0 Å². The number of methoxy groups -OCH3 is 1. The molecule has 0 amide bonds. The molecular formula is C19H18ClNO3.